The summed E-state index contributed by atoms with van der Waals surface area (Å²) in [5.41, 5.74) is 8.18. The maximum atomic E-state index is 9.88. The minimum Gasteiger partial charge on any atom is -0.475 e. The van der Waals surface area contributed by atoms with E-state index >= 15 is 0 Å². The van der Waals surface area contributed by atoms with Crippen LogP contribution in [0.15, 0.2) is 47.6 Å². The average Bonchev–Trinajstić information content (AvgIpc) is 3.10. The molecule has 142 valence electrons. The summed E-state index contributed by atoms with van der Waals surface area (Å²) in [5, 5.41) is 13.2. The number of aliphatic hydroxyl groups excluding tert-OH is 1. The number of aromatic nitrogens is 1. The molecule has 0 aliphatic carbocycles. The molecule has 2 aliphatic rings. The third-order valence-corrected chi connectivity index (χ3v) is 5.11. The predicted molar refractivity (Wildman–Crippen MR) is 104 cm³/mol. The zero-order chi connectivity index (χ0) is 18.7. The topological polar surface area (TPSA) is 102 Å². The summed E-state index contributed by atoms with van der Waals surface area (Å²) in [7, 11) is 0. The smallest absolute Gasteiger partial charge is 0.220 e. The first kappa shape index (κ1) is 17.8. The molecule has 1 aromatic heterocycles. The summed E-state index contributed by atoms with van der Waals surface area (Å²) in [6.45, 7) is 1.90. The minimum absolute atomic E-state index is 0.0553. The van der Waals surface area contributed by atoms with Crippen molar-refractivity contribution in [3.8, 4) is 0 Å². The molecule has 0 bridgehead atoms. The highest BCUT2D eigenvalue weighted by Gasteiger charge is 2.39. The van der Waals surface area contributed by atoms with Gasteiger partial charge in [0, 0.05) is 25.5 Å². The molecule has 2 aliphatic heterocycles. The number of aliphatic imine (C=N–C) groups is 1. The van der Waals surface area contributed by atoms with Gasteiger partial charge in [0.25, 0.3) is 0 Å². The Balaban J connectivity index is 1.64. The fourth-order valence-electron chi connectivity index (χ4n) is 3.50. The SMILES string of the molecule is Nc1cc(N[C@H](CO)c2ccccc2)c(C2=NC3(CCOCC3)CO2)cn1. The van der Waals surface area contributed by atoms with Crippen LogP contribution in [0.4, 0.5) is 11.5 Å². The van der Waals surface area contributed by atoms with Crippen LogP contribution in [-0.4, -0.2) is 48.0 Å². The summed E-state index contributed by atoms with van der Waals surface area (Å²) in [5.74, 6) is 0.960. The van der Waals surface area contributed by atoms with Crippen molar-refractivity contribution < 1.29 is 14.6 Å². The second-order valence-corrected chi connectivity index (χ2v) is 6.99. The highest BCUT2D eigenvalue weighted by atomic mass is 16.5. The molecule has 0 radical (unpaired) electrons. The second kappa shape index (κ2) is 7.54. The van der Waals surface area contributed by atoms with Gasteiger partial charge in [-0.25, -0.2) is 9.98 Å². The van der Waals surface area contributed by atoms with Crippen molar-refractivity contribution in [1.82, 2.24) is 4.98 Å². The van der Waals surface area contributed by atoms with Crippen LogP contribution < -0.4 is 11.1 Å². The molecule has 1 fully saturated rings. The molecule has 27 heavy (non-hydrogen) atoms. The molecule has 1 spiro atoms. The Labute approximate surface area is 158 Å². The first-order valence-corrected chi connectivity index (χ1v) is 9.18. The van der Waals surface area contributed by atoms with Gasteiger partial charge in [0.1, 0.15) is 18.0 Å². The third kappa shape index (κ3) is 3.74. The summed E-state index contributed by atoms with van der Waals surface area (Å²) < 4.78 is 11.4. The number of anilines is 2. The number of hydrogen-bond acceptors (Lipinski definition) is 7. The normalized spacial score (nSPS) is 19.4. The molecule has 2 aromatic rings. The van der Waals surface area contributed by atoms with E-state index in [9.17, 15) is 5.11 Å². The van der Waals surface area contributed by atoms with Crippen molar-refractivity contribution in [2.24, 2.45) is 4.99 Å². The number of nitrogens with zero attached hydrogens (tertiary/aromatic N) is 2. The lowest BCUT2D eigenvalue weighted by atomic mass is 9.92. The second-order valence-electron chi connectivity index (χ2n) is 6.99. The lowest BCUT2D eigenvalue weighted by Gasteiger charge is -2.28. The van der Waals surface area contributed by atoms with Gasteiger partial charge in [0.2, 0.25) is 5.90 Å². The number of rotatable bonds is 5. The molecule has 4 rings (SSSR count). The molecule has 0 saturated carbocycles. The summed E-state index contributed by atoms with van der Waals surface area (Å²) in [6, 6.07) is 11.3. The van der Waals surface area contributed by atoms with Gasteiger partial charge in [-0.2, -0.15) is 0 Å². The van der Waals surface area contributed by atoms with Crippen LogP contribution >= 0.6 is 0 Å². The van der Waals surface area contributed by atoms with Crippen LogP contribution in [0.25, 0.3) is 0 Å². The Morgan fingerprint density at radius 2 is 2.00 bits per heavy atom. The first-order chi connectivity index (χ1) is 13.2. The molecule has 3 heterocycles. The number of ether oxygens (including phenoxy) is 2. The molecule has 1 aromatic carbocycles. The quantitative estimate of drug-likeness (QED) is 0.747. The maximum absolute atomic E-state index is 9.88. The number of nitrogen functional groups attached to an aromatic ring is 1. The van der Waals surface area contributed by atoms with Crippen molar-refractivity contribution >= 4 is 17.4 Å². The van der Waals surface area contributed by atoms with E-state index in [1.54, 1.807) is 12.3 Å². The Kier molecular flexibility index (Phi) is 4.96. The van der Waals surface area contributed by atoms with Gasteiger partial charge in [0.15, 0.2) is 0 Å². The van der Waals surface area contributed by atoms with E-state index in [1.165, 1.54) is 0 Å². The van der Waals surface area contributed by atoms with Crippen molar-refractivity contribution in [3.05, 3.63) is 53.7 Å². The standard InChI is InChI=1S/C20H24N4O3/c21-18-10-16(23-17(12-25)14-4-2-1-3-5-14)15(11-22-18)19-24-20(13-27-19)6-8-26-9-7-20/h1-5,10-11,17,25H,6-9,12-13H2,(H3,21,22,23)/t17-/m1/s1. The fraction of sp³-hybridized carbons (Fsp3) is 0.400. The maximum Gasteiger partial charge on any atom is 0.220 e. The van der Waals surface area contributed by atoms with E-state index in [0.29, 0.717) is 31.5 Å². The van der Waals surface area contributed by atoms with E-state index < -0.39 is 0 Å². The molecular formula is C20H24N4O3. The predicted octanol–water partition coefficient (Wildman–Crippen LogP) is 2.14. The van der Waals surface area contributed by atoms with Crippen LogP contribution in [-0.2, 0) is 9.47 Å². The summed E-state index contributed by atoms with van der Waals surface area (Å²) >= 11 is 0. The molecule has 0 amide bonds. The van der Waals surface area contributed by atoms with Crippen molar-refractivity contribution in [2.45, 2.75) is 24.4 Å². The van der Waals surface area contributed by atoms with E-state index in [0.717, 1.165) is 29.7 Å². The largest absolute Gasteiger partial charge is 0.475 e. The molecule has 4 N–H and O–H groups in total. The van der Waals surface area contributed by atoms with Gasteiger partial charge in [-0.15, -0.1) is 0 Å². The Hall–Kier alpha value is -2.64. The van der Waals surface area contributed by atoms with Gasteiger partial charge < -0.3 is 25.6 Å². The van der Waals surface area contributed by atoms with Gasteiger partial charge in [-0.05, 0) is 18.4 Å². The fourth-order valence-corrected chi connectivity index (χ4v) is 3.50. The number of pyridine rings is 1. The Morgan fingerprint density at radius 1 is 1.22 bits per heavy atom. The van der Waals surface area contributed by atoms with Crippen molar-refractivity contribution in [3.63, 3.8) is 0 Å². The number of aliphatic hydroxyl groups is 1. The van der Waals surface area contributed by atoms with Crippen molar-refractivity contribution in [2.75, 3.05) is 37.5 Å². The first-order valence-electron chi connectivity index (χ1n) is 9.18. The van der Waals surface area contributed by atoms with Crippen LogP contribution in [0, 0.1) is 0 Å². The monoisotopic (exact) mass is 368 g/mol. The van der Waals surface area contributed by atoms with Gasteiger partial charge >= 0.3 is 0 Å². The number of nitrogens with two attached hydrogens (primary N) is 1. The number of nitrogens with one attached hydrogen (secondary N) is 1. The number of benzene rings is 1. The van der Waals surface area contributed by atoms with E-state index in [4.69, 9.17) is 20.2 Å². The van der Waals surface area contributed by atoms with Crippen LogP contribution in [0.1, 0.15) is 30.0 Å². The van der Waals surface area contributed by atoms with Gasteiger partial charge in [0.05, 0.1) is 23.9 Å². The van der Waals surface area contributed by atoms with Crippen LogP contribution in [0.2, 0.25) is 0 Å². The Bertz CT molecular complexity index is 819. The molecule has 1 saturated heterocycles. The number of hydrogen-bond donors (Lipinski definition) is 3. The zero-order valence-electron chi connectivity index (χ0n) is 15.1. The highest BCUT2D eigenvalue weighted by Crippen LogP contribution is 2.33. The van der Waals surface area contributed by atoms with E-state index in [-0.39, 0.29) is 18.2 Å². The van der Waals surface area contributed by atoms with Crippen LogP contribution in [0.5, 0.6) is 0 Å². The molecular weight excluding hydrogens is 344 g/mol. The highest BCUT2D eigenvalue weighted by molar-refractivity contribution is 6.00. The van der Waals surface area contributed by atoms with Crippen LogP contribution in [0.3, 0.4) is 0 Å². The molecule has 0 unspecified atom stereocenters. The Morgan fingerprint density at radius 3 is 2.74 bits per heavy atom. The molecule has 7 heteroatoms. The van der Waals surface area contributed by atoms with E-state index in [2.05, 4.69) is 10.3 Å². The minimum atomic E-state index is -0.272. The van der Waals surface area contributed by atoms with Gasteiger partial charge in [-0.3, -0.25) is 0 Å². The van der Waals surface area contributed by atoms with Crippen molar-refractivity contribution in [1.29, 1.82) is 0 Å². The zero-order valence-corrected chi connectivity index (χ0v) is 15.1. The molecule has 1 atom stereocenters. The third-order valence-electron chi connectivity index (χ3n) is 5.11. The van der Waals surface area contributed by atoms with E-state index in [1.807, 2.05) is 30.3 Å². The molecule has 7 nitrogen and oxygen atoms in total. The van der Waals surface area contributed by atoms with Gasteiger partial charge in [-0.1, -0.05) is 30.3 Å². The summed E-state index contributed by atoms with van der Waals surface area (Å²) in [6.07, 6.45) is 3.38. The summed E-state index contributed by atoms with van der Waals surface area (Å²) in [4.78, 5) is 9.09. The lowest BCUT2D eigenvalue weighted by molar-refractivity contribution is 0.0442. The lowest BCUT2D eigenvalue weighted by Crippen LogP contribution is -2.35. The average molecular weight is 368 g/mol.